The minimum atomic E-state index is -3.94. The summed E-state index contributed by atoms with van der Waals surface area (Å²) in [5, 5.41) is 6.11. The van der Waals surface area contributed by atoms with Gasteiger partial charge in [-0.05, 0) is 37.3 Å². The quantitative estimate of drug-likeness (QED) is 0.453. The van der Waals surface area contributed by atoms with Crippen LogP contribution in [-0.4, -0.2) is 65.0 Å². The van der Waals surface area contributed by atoms with Gasteiger partial charge in [0.2, 0.25) is 5.91 Å². The lowest BCUT2D eigenvalue weighted by atomic mass is 10.0. The number of imidazole rings is 1. The van der Waals surface area contributed by atoms with Gasteiger partial charge in [-0.25, -0.2) is 13.4 Å². The number of carbonyl (C=O) groups excluding carboxylic acids is 3. The van der Waals surface area contributed by atoms with E-state index in [4.69, 9.17) is 4.42 Å². The first kappa shape index (κ1) is 26.6. The predicted molar refractivity (Wildman–Crippen MR) is 135 cm³/mol. The molecule has 12 heteroatoms. The molecule has 37 heavy (non-hydrogen) atoms. The van der Waals surface area contributed by atoms with Gasteiger partial charge < -0.3 is 19.6 Å². The summed E-state index contributed by atoms with van der Waals surface area (Å²) in [7, 11) is -2.28. The number of fused-ring (bicyclic) bond motifs is 1. The van der Waals surface area contributed by atoms with Crippen LogP contribution in [0.4, 0.5) is 0 Å². The second-order valence-corrected chi connectivity index (χ2v) is 11.6. The number of aromatic nitrogens is 2. The summed E-state index contributed by atoms with van der Waals surface area (Å²) in [5.41, 5.74) is 0.562. The van der Waals surface area contributed by atoms with Crippen molar-refractivity contribution in [3.05, 3.63) is 48.6 Å². The molecule has 3 aromatic rings. The third kappa shape index (κ3) is 6.08. The molecule has 4 rings (SSSR count). The lowest BCUT2D eigenvalue weighted by Crippen LogP contribution is -2.52. The van der Waals surface area contributed by atoms with Crippen molar-refractivity contribution >= 4 is 38.6 Å². The van der Waals surface area contributed by atoms with E-state index in [2.05, 4.69) is 15.6 Å². The lowest BCUT2D eigenvalue weighted by Gasteiger charge is -2.23. The number of benzene rings is 1. The second kappa shape index (κ2) is 10.9. The van der Waals surface area contributed by atoms with Crippen molar-refractivity contribution in [1.82, 2.24) is 24.5 Å². The maximum absolute atomic E-state index is 13.2. The van der Waals surface area contributed by atoms with Crippen LogP contribution in [-0.2, 0) is 26.7 Å². The molecule has 0 spiro atoms. The molecule has 0 radical (unpaired) electrons. The molecule has 1 aliphatic heterocycles. The molecule has 0 saturated carbocycles. The highest BCUT2D eigenvalue weighted by atomic mass is 32.2. The number of hydrogen-bond acceptors (Lipinski definition) is 7. The number of rotatable bonds is 8. The average Bonchev–Trinajstić information content (AvgIpc) is 3.43. The molecular weight excluding hydrogens is 498 g/mol. The SMILES string of the molecule is CC(C)C[C@H](NC(=O)c1cc2ccccc2o1)C(=O)NC1CCCN(S(=O)(=O)c2cn(C)cn2)CC1=O. The van der Waals surface area contributed by atoms with Crippen molar-refractivity contribution in [3.63, 3.8) is 0 Å². The molecule has 11 nitrogen and oxygen atoms in total. The van der Waals surface area contributed by atoms with E-state index in [1.807, 2.05) is 26.0 Å². The molecule has 2 amide bonds. The van der Waals surface area contributed by atoms with E-state index in [1.165, 1.54) is 17.1 Å². The van der Waals surface area contributed by atoms with E-state index < -0.39 is 39.7 Å². The van der Waals surface area contributed by atoms with Crippen molar-refractivity contribution in [2.45, 2.75) is 50.2 Å². The van der Waals surface area contributed by atoms with E-state index >= 15 is 0 Å². The van der Waals surface area contributed by atoms with Gasteiger partial charge >= 0.3 is 0 Å². The third-order valence-corrected chi connectivity index (χ3v) is 7.93. The zero-order valence-corrected chi connectivity index (χ0v) is 21.8. The summed E-state index contributed by atoms with van der Waals surface area (Å²) < 4.78 is 34.1. The Hall–Kier alpha value is -3.51. The number of sulfonamides is 1. The summed E-state index contributed by atoms with van der Waals surface area (Å²) in [6.07, 6.45) is 3.77. The Balaban J connectivity index is 1.44. The largest absolute Gasteiger partial charge is 0.451 e. The van der Waals surface area contributed by atoms with E-state index in [0.29, 0.717) is 18.4 Å². The van der Waals surface area contributed by atoms with Crippen LogP contribution in [0.1, 0.15) is 43.7 Å². The number of aryl methyl sites for hydroxylation is 1. The zero-order chi connectivity index (χ0) is 26.7. The molecule has 0 aliphatic carbocycles. The maximum atomic E-state index is 13.2. The number of Topliss-reactive ketones (excluding diaryl/α,β-unsaturated/α-hetero) is 1. The Kier molecular flexibility index (Phi) is 7.79. The topological polar surface area (TPSA) is 144 Å². The van der Waals surface area contributed by atoms with E-state index in [1.54, 1.807) is 25.2 Å². The zero-order valence-electron chi connectivity index (χ0n) is 21.0. The van der Waals surface area contributed by atoms with E-state index in [0.717, 1.165) is 9.69 Å². The van der Waals surface area contributed by atoms with E-state index in [-0.39, 0.29) is 36.2 Å². The summed E-state index contributed by atoms with van der Waals surface area (Å²) in [4.78, 5) is 43.0. The number of nitrogens with one attached hydrogen (secondary N) is 2. The summed E-state index contributed by atoms with van der Waals surface area (Å²) in [6.45, 7) is 3.61. The Labute approximate surface area is 215 Å². The van der Waals surface area contributed by atoms with E-state index in [9.17, 15) is 22.8 Å². The standard InChI is InChI=1S/C25H31N5O6S/c1-16(2)11-19(28-25(33)22-12-17-7-4-5-9-21(17)36-22)24(32)27-18-8-6-10-30(13-20(18)31)37(34,35)23-14-29(3)15-26-23/h4-5,7,9,12,14-16,18-19H,6,8,10-11,13H2,1-3H3,(H,27,32)(H,28,33)/t18?,19-/m0/s1. The van der Waals surface area contributed by atoms with Crippen molar-refractivity contribution < 1.29 is 27.2 Å². The molecule has 1 fully saturated rings. The number of carbonyl (C=O) groups is 3. The first-order valence-electron chi connectivity index (χ1n) is 12.1. The summed E-state index contributed by atoms with van der Waals surface area (Å²) >= 11 is 0. The Morgan fingerprint density at radius 3 is 2.68 bits per heavy atom. The lowest BCUT2D eigenvalue weighted by molar-refractivity contribution is -0.129. The fourth-order valence-corrected chi connectivity index (χ4v) is 5.72. The van der Waals surface area contributed by atoms with Gasteiger partial charge in [-0.1, -0.05) is 32.0 Å². The van der Waals surface area contributed by atoms with Crippen molar-refractivity contribution in [2.24, 2.45) is 13.0 Å². The van der Waals surface area contributed by atoms with Crippen LogP contribution >= 0.6 is 0 Å². The molecule has 2 N–H and O–H groups in total. The van der Waals surface area contributed by atoms with Crippen LogP contribution in [0.25, 0.3) is 11.0 Å². The number of furan rings is 1. The first-order chi connectivity index (χ1) is 17.5. The highest BCUT2D eigenvalue weighted by molar-refractivity contribution is 7.89. The minimum absolute atomic E-state index is 0.0792. The number of amides is 2. The molecule has 1 unspecified atom stereocenters. The van der Waals surface area contributed by atoms with Crippen LogP contribution in [0.15, 0.2) is 52.3 Å². The monoisotopic (exact) mass is 529 g/mol. The van der Waals surface area contributed by atoms with Crippen LogP contribution < -0.4 is 10.6 Å². The molecule has 1 aliphatic rings. The normalized spacial score (nSPS) is 18.1. The van der Waals surface area contributed by atoms with Gasteiger partial charge in [-0.3, -0.25) is 14.4 Å². The average molecular weight is 530 g/mol. The molecule has 1 saturated heterocycles. The van der Waals surface area contributed by atoms with Crippen molar-refractivity contribution in [2.75, 3.05) is 13.1 Å². The second-order valence-electron chi connectivity index (χ2n) is 9.69. The summed E-state index contributed by atoms with van der Waals surface area (Å²) in [5.74, 6) is -1.29. The van der Waals surface area contributed by atoms with Gasteiger partial charge in [0.15, 0.2) is 16.6 Å². The molecule has 2 aromatic heterocycles. The Morgan fingerprint density at radius 2 is 2.00 bits per heavy atom. The Morgan fingerprint density at radius 1 is 1.24 bits per heavy atom. The fourth-order valence-electron chi connectivity index (χ4n) is 4.31. The highest BCUT2D eigenvalue weighted by Crippen LogP contribution is 2.20. The third-order valence-electron chi connectivity index (χ3n) is 6.20. The number of nitrogens with zero attached hydrogens (tertiary/aromatic N) is 3. The summed E-state index contributed by atoms with van der Waals surface area (Å²) in [6, 6.07) is 7.05. The fraction of sp³-hybridized carbons (Fsp3) is 0.440. The number of hydrogen-bond donors (Lipinski definition) is 2. The minimum Gasteiger partial charge on any atom is -0.451 e. The molecule has 1 aromatic carbocycles. The van der Waals surface area contributed by atoms with Crippen molar-refractivity contribution in [3.8, 4) is 0 Å². The highest BCUT2D eigenvalue weighted by Gasteiger charge is 2.35. The van der Waals surface area contributed by atoms with Gasteiger partial charge in [-0.2, -0.15) is 4.31 Å². The van der Waals surface area contributed by atoms with Gasteiger partial charge in [-0.15, -0.1) is 0 Å². The molecule has 0 bridgehead atoms. The van der Waals surface area contributed by atoms with Crippen LogP contribution in [0.3, 0.4) is 0 Å². The van der Waals surface area contributed by atoms with Crippen molar-refractivity contribution in [1.29, 1.82) is 0 Å². The van der Waals surface area contributed by atoms with Gasteiger partial charge in [0.1, 0.15) is 11.6 Å². The van der Waals surface area contributed by atoms with Crippen LogP contribution in [0.2, 0.25) is 0 Å². The van der Waals surface area contributed by atoms with Crippen LogP contribution in [0, 0.1) is 5.92 Å². The smallest absolute Gasteiger partial charge is 0.287 e. The Bertz CT molecular complexity index is 1380. The maximum Gasteiger partial charge on any atom is 0.287 e. The van der Waals surface area contributed by atoms with Gasteiger partial charge in [0.05, 0.1) is 18.9 Å². The molecular formula is C25H31N5O6S. The van der Waals surface area contributed by atoms with Gasteiger partial charge in [0.25, 0.3) is 15.9 Å². The van der Waals surface area contributed by atoms with Gasteiger partial charge in [0, 0.05) is 25.2 Å². The molecule has 3 heterocycles. The number of ketones is 1. The molecule has 2 atom stereocenters. The predicted octanol–water partition coefficient (Wildman–Crippen LogP) is 1.85. The number of para-hydroxylation sites is 1. The molecule has 198 valence electrons. The first-order valence-corrected chi connectivity index (χ1v) is 13.6. The van der Waals surface area contributed by atoms with Crippen LogP contribution in [0.5, 0.6) is 0 Å².